The number of ether oxygens (including phenoxy) is 2. The molecule has 2 aromatic carbocycles. The van der Waals surface area contributed by atoms with E-state index < -0.39 is 0 Å². The molecular formula is C27H31N3O2. The highest BCUT2D eigenvalue weighted by Crippen LogP contribution is 2.36. The SMILES string of the molecule is COc1ccc(-c2c(C)c3cc(OC)ccc3n2CCCCNCc2ccccn2)cc1. The molecule has 32 heavy (non-hydrogen) atoms. The number of pyridine rings is 1. The second-order valence-electron chi connectivity index (χ2n) is 7.94. The number of methoxy groups -OCH3 is 2. The fraction of sp³-hybridized carbons (Fsp3) is 0.296. The molecule has 1 N–H and O–H groups in total. The molecule has 0 aliphatic heterocycles. The minimum atomic E-state index is 0.809. The number of nitrogens with one attached hydrogen (secondary N) is 1. The van der Waals surface area contributed by atoms with E-state index in [0.717, 1.165) is 49.7 Å². The minimum Gasteiger partial charge on any atom is -0.497 e. The molecule has 2 heterocycles. The molecule has 4 rings (SSSR count). The van der Waals surface area contributed by atoms with Crippen molar-refractivity contribution in [2.24, 2.45) is 0 Å². The lowest BCUT2D eigenvalue weighted by molar-refractivity contribution is 0.415. The normalized spacial score (nSPS) is 11.1. The Morgan fingerprint density at radius 3 is 2.41 bits per heavy atom. The maximum Gasteiger partial charge on any atom is 0.119 e. The molecule has 5 nitrogen and oxygen atoms in total. The van der Waals surface area contributed by atoms with E-state index in [9.17, 15) is 0 Å². The highest BCUT2D eigenvalue weighted by molar-refractivity contribution is 5.92. The average Bonchev–Trinajstić information content (AvgIpc) is 3.12. The molecule has 0 amide bonds. The van der Waals surface area contributed by atoms with E-state index in [1.54, 1.807) is 14.2 Å². The van der Waals surface area contributed by atoms with Crippen LogP contribution in [0.2, 0.25) is 0 Å². The van der Waals surface area contributed by atoms with E-state index in [1.807, 2.05) is 36.5 Å². The third-order valence-electron chi connectivity index (χ3n) is 5.90. The molecule has 0 saturated heterocycles. The van der Waals surface area contributed by atoms with E-state index in [-0.39, 0.29) is 0 Å². The van der Waals surface area contributed by atoms with Crippen molar-refractivity contribution < 1.29 is 9.47 Å². The number of hydrogen-bond donors (Lipinski definition) is 1. The zero-order valence-corrected chi connectivity index (χ0v) is 19.1. The van der Waals surface area contributed by atoms with E-state index in [2.05, 4.69) is 52.1 Å². The van der Waals surface area contributed by atoms with Gasteiger partial charge in [-0.15, -0.1) is 0 Å². The lowest BCUT2D eigenvalue weighted by Gasteiger charge is -2.13. The first-order valence-corrected chi connectivity index (χ1v) is 11.1. The number of aromatic nitrogens is 2. The Morgan fingerprint density at radius 2 is 1.69 bits per heavy atom. The van der Waals surface area contributed by atoms with Crippen molar-refractivity contribution in [2.75, 3.05) is 20.8 Å². The molecule has 0 unspecified atom stereocenters. The monoisotopic (exact) mass is 429 g/mol. The average molecular weight is 430 g/mol. The van der Waals surface area contributed by atoms with Gasteiger partial charge < -0.3 is 19.4 Å². The summed E-state index contributed by atoms with van der Waals surface area (Å²) in [6.07, 6.45) is 4.03. The van der Waals surface area contributed by atoms with Crippen LogP contribution in [-0.4, -0.2) is 30.3 Å². The molecular weight excluding hydrogens is 398 g/mol. The van der Waals surface area contributed by atoms with Crippen LogP contribution in [0.4, 0.5) is 0 Å². The largest absolute Gasteiger partial charge is 0.497 e. The quantitative estimate of drug-likeness (QED) is 0.334. The van der Waals surface area contributed by atoms with Crippen molar-refractivity contribution in [1.82, 2.24) is 14.9 Å². The Bertz CT molecular complexity index is 1150. The van der Waals surface area contributed by atoms with E-state index >= 15 is 0 Å². The third kappa shape index (κ3) is 4.78. The van der Waals surface area contributed by atoms with Gasteiger partial charge in [0.05, 0.1) is 25.6 Å². The summed E-state index contributed by atoms with van der Waals surface area (Å²) in [6, 6.07) is 20.7. The van der Waals surface area contributed by atoms with E-state index in [4.69, 9.17) is 9.47 Å². The fourth-order valence-electron chi connectivity index (χ4n) is 4.22. The van der Waals surface area contributed by atoms with Gasteiger partial charge in [0.1, 0.15) is 11.5 Å². The Morgan fingerprint density at radius 1 is 0.906 bits per heavy atom. The summed E-state index contributed by atoms with van der Waals surface area (Å²) in [5, 5.41) is 4.74. The summed E-state index contributed by atoms with van der Waals surface area (Å²) in [4.78, 5) is 4.37. The summed E-state index contributed by atoms with van der Waals surface area (Å²) in [5.74, 6) is 1.76. The van der Waals surface area contributed by atoms with Gasteiger partial charge in [-0.2, -0.15) is 0 Å². The number of fused-ring (bicyclic) bond motifs is 1. The molecule has 0 spiro atoms. The van der Waals surface area contributed by atoms with Crippen LogP contribution in [0, 0.1) is 6.92 Å². The van der Waals surface area contributed by atoms with Gasteiger partial charge in [0.2, 0.25) is 0 Å². The molecule has 0 aliphatic carbocycles. The van der Waals surface area contributed by atoms with Gasteiger partial charge in [0.25, 0.3) is 0 Å². The van der Waals surface area contributed by atoms with Crippen LogP contribution in [0.1, 0.15) is 24.1 Å². The predicted octanol–water partition coefficient (Wildman–Crippen LogP) is 5.60. The molecule has 0 saturated carbocycles. The summed E-state index contributed by atoms with van der Waals surface area (Å²) >= 11 is 0. The maximum atomic E-state index is 5.49. The summed E-state index contributed by atoms with van der Waals surface area (Å²) < 4.78 is 13.3. The van der Waals surface area contributed by atoms with Crippen LogP contribution in [0.25, 0.3) is 22.2 Å². The third-order valence-corrected chi connectivity index (χ3v) is 5.90. The number of nitrogens with zero attached hydrogens (tertiary/aromatic N) is 2. The van der Waals surface area contributed by atoms with Gasteiger partial charge in [-0.25, -0.2) is 0 Å². The van der Waals surface area contributed by atoms with Crippen molar-refractivity contribution >= 4 is 10.9 Å². The lowest BCUT2D eigenvalue weighted by atomic mass is 10.1. The molecule has 166 valence electrons. The topological polar surface area (TPSA) is 48.3 Å². The van der Waals surface area contributed by atoms with Gasteiger partial charge in [0.15, 0.2) is 0 Å². The highest BCUT2D eigenvalue weighted by Gasteiger charge is 2.16. The van der Waals surface area contributed by atoms with Gasteiger partial charge in [0, 0.05) is 30.2 Å². The second-order valence-corrected chi connectivity index (χ2v) is 7.94. The molecule has 5 heteroatoms. The zero-order valence-electron chi connectivity index (χ0n) is 19.1. The second kappa shape index (κ2) is 10.3. The Hall–Kier alpha value is -3.31. The number of rotatable bonds is 10. The Balaban J connectivity index is 1.52. The van der Waals surface area contributed by atoms with Crippen molar-refractivity contribution in [2.45, 2.75) is 32.9 Å². The van der Waals surface area contributed by atoms with Crippen LogP contribution >= 0.6 is 0 Å². The van der Waals surface area contributed by atoms with Crippen molar-refractivity contribution in [3.63, 3.8) is 0 Å². The molecule has 2 aromatic heterocycles. The van der Waals surface area contributed by atoms with Crippen molar-refractivity contribution in [3.05, 3.63) is 78.1 Å². The van der Waals surface area contributed by atoms with E-state index in [0.29, 0.717) is 0 Å². The number of hydrogen-bond acceptors (Lipinski definition) is 4. The van der Waals surface area contributed by atoms with Crippen LogP contribution in [-0.2, 0) is 13.1 Å². The van der Waals surface area contributed by atoms with Crippen molar-refractivity contribution in [1.29, 1.82) is 0 Å². The molecule has 0 atom stereocenters. The standard InChI is InChI=1S/C27H31N3O2/c1-20-25-18-24(32-3)13-14-26(25)30(27(20)21-9-11-23(31-2)12-10-21)17-7-6-15-28-19-22-8-4-5-16-29-22/h4-5,8-14,16,18,28H,6-7,15,17,19H2,1-3H3. The summed E-state index contributed by atoms with van der Waals surface area (Å²) in [7, 11) is 3.42. The molecule has 0 radical (unpaired) electrons. The van der Waals surface area contributed by atoms with Gasteiger partial charge in [-0.1, -0.05) is 6.07 Å². The van der Waals surface area contributed by atoms with Crippen LogP contribution < -0.4 is 14.8 Å². The highest BCUT2D eigenvalue weighted by atomic mass is 16.5. The minimum absolute atomic E-state index is 0.809. The first kappa shape index (κ1) is 21.9. The molecule has 0 fully saturated rings. The van der Waals surface area contributed by atoms with Gasteiger partial charge in [-0.05, 0) is 92.0 Å². The fourth-order valence-corrected chi connectivity index (χ4v) is 4.22. The Labute approximate surface area is 190 Å². The number of aryl methyl sites for hydroxylation is 2. The van der Waals surface area contributed by atoms with Crippen LogP contribution in [0.15, 0.2) is 66.9 Å². The molecule has 0 bridgehead atoms. The van der Waals surface area contributed by atoms with E-state index in [1.165, 1.54) is 27.7 Å². The lowest BCUT2D eigenvalue weighted by Crippen LogP contribution is -2.16. The van der Waals surface area contributed by atoms with Crippen LogP contribution in [0.3, 0.4) is 0 Å². The molecule has 4 aromatic rings. The maximum absolute atomic E-state index is 5.49. The van der Waals surface area contributed by atoms with Gasteiger partial charge in [-0.3, -0.25) is 4.98 Å². The number of unbranched alkanes of at least 4 members (excludes halogenated alkanes) is 1. The van der Waals surface area contributed by atoms with Crippen molar-refractivity contribution in [3.8, 4) is 22.8 Å². The zero-order chi connectivity index (χ0) is 22.3. The van der Waals surface area contributed by atoms with Gasteiger partial charge >= 0.3 is 0 Å². The predicted molar refractivity (Wildman–Crippen MR) is 130 cm³/mol. The first-order valence-electron chi connectivity index (χ1n) is 11.1. The number of benzene rings is 2. The summed E-state index contributed by atoms with van der Waals surface area (Å²) in [5.41, 5.74) is 6.06. The smallest absolute Gasteiger partial charge is 0.119 e. The van der Waals surface area contributed by atoms with Crippen LogP contribution in [0.5, 0.6) is 11.5 Å². The molecule has 0 aliphatic rings. The Kier molecular flexibility index (Phi) is 7.07. The summed E-state index contributed by atoms with van der Waals surface area (Å²) in [6.45, 7) is 4.94. The first-order chi connectivity index (χ1) is 15.7.